The predicted octanol–water partition coefficient (Wildman–Crippen LogP) is 4.00. The molecule has 0 aliphatic carbocycles. The van der Waals surface area contributed by atoms with Gasteiger partial charge in [0.1, 0.15) is 6.61 Å². The van der Waals surface area contributed by atoms with Gasteiger partial charge in [0, 0.05) is 12.1 Å². The lowest BCUT2D eigenvalue weighted by molar-refractivity contribution is -0.186. The van der Waals surface area contributed by atoms with Crippen molar-refractivity contribution in [3.8, 4) is 0 Å². The lowest BCUT2D eigenvalue weighted by Crippen LogP contribution is -2.39. The first-order valence-electron chi connectivity index (χ1n) is 6.57. The maximum absolute atomic E-state index is 12.3. The van der Waals surface area contributed by atoms with Gasteiger partial charge < -0.3 is 10.1 Å². The quantitative estimate of drug-likeness (QED) is 0.884. The van der Waals surface area contributed by atoms with Crippen LogP contribution in [0.5, 0.6) is 0 Å². The minimum atomic E-state index is -4.32. The molecule has 2 nitrogen and oxygen atoms in total. The number of aryl methyl sites for hydroxylation is 1. The molecule has 0 bridgehead atoms. The van der Waals surface area contributed by atoms with E-state index in [4.69, 9.17) is 4.74 Å². The van der Waals surface area contributed by atoms with Crippen molar-refractivity contribution in [2.24, 2.45) is 0 Å². The van der Waals surface area contributed by atoms with Gasteiger partial charge in [0.2, 0.25) is 0 Å². The Hall–Kier alpha value is -1.07. The molecule has 20 heavy (non-hydrogen) atoms. The Bertz CT molecular complexity index is 406. The van der Waals surface area contributed by atoms with E-state index in [9.17, 15) is 13.2 Å². The van der Waals surface area contributed by atoms with Crippen molar-refractivity contribution in [3.05, 3.63) is 35.4 Å². The lowest BCUT2D eigenvalue weighted by atomic mass is 10.0. The zero-order valence-electron chi connectivity index (χ0n) is 12.3. The number of benzene rings is 1. The number of rotatable bonds is 5. The summed E-state index contributed by atoms with van der Waals surface area (Å²) in [5.74, 6) is 0. The number of nitrogens with one attached hydrogen (secondary N) is 1. The van der Waals surface area contributed by atoms with Crippen LogP contribution in [0, 0.1) is 6.92 Å². The molecule has 0 aliphatic rings. The van der Waals surface area contributed by atoms with Crippen molar-refractivity contribution in [2.75, 3.05) is 13.2 Å². The van der Waals surface area contributed by atoms with Crippen molar-refractivity contribution in [3.63, 3.8) is 0 Å². The fraction of sp³-hybridized carbons (Fsp3) is 0.600. The number of alkyl halides is 3. The van der Waals surface area contributed by atoms with Crippen LogP contribution < -0.4 is 5.32 Å². The second-order valence-corrected chi connectivity index (χ2v) is 5.96. The van der Waals surface area contributed by atoms with Crippen LogP contribution >= 0.6 is 0 Å². The Morgan fingerprint density at radius 1 is 1.20 bits per heavy atom. The van der Waals surface area contributed by atoms with Crippen LogP contribution in [0.1, 0.15) is 38.0 Å². The Morgan fingerprint density at radius 3 is 2.35 bits per heavy atom. The fourth-order valence-corrected chi connectivity index (χ4v) is 1.74. The van der Waals surface area contributed by atoms with Crippen molar-refractivity contribution < 1.29 is 17.9 Å². The number of halogens is 3. The molecule has 1 rings (SSSR count). The van der Waals surface area contributed by atoms with E-state index in [0.717, 1.165) is 11.1 Å². The minimum absolute atomic E-state index is 0.177. The van der Waals surface area contributed by atoms with Gasteiger partial charge >= 0.3 is 6.18 Å². The summed E-state index contributed by atoms with van der Waals surface area (Å²) in [6.07, 6.45) is -4.93. The van der Waals surface area contributed by atoms with Crippen LogP contribution in [0.15, 0.2) is 24.3 Å². The summed E-state index contributed by atoms with van der Waals surface area (Å²) in [7, 11) is 0. The van der Waals surface area contributed by atoms with Gasteiger partial charge in [0.15, 0.2) is 0 Å². The summed E-state index contributed by atoms with van der Waals surface area (Å²) in [5.41, 5.74) is 1.58. The van der Waals surface area contributed by atoms with Gasteiger partial charge in [-0.25, -0.2) is 0 Å². The van der Waals surface area contributed by atoms with Gasteiger partial charge in [0.05, 0.1) is 6.10 Å². The zero-order chi connectivity index (χ0) is 15.4. The highest BCUT2D eigenvalue weighted by molar-refractivity contribution is 5.24. The summed E-state index contributed by atoms with van der Waals surface area (Å²) in [5, 5.41) is 3.18. The Balaban J connectivity index is 2.78. The van der Waals surface area contributed by atoms with Crippen LogP contribution in [0.2, 0.25) is 0 Å². The van der Waals surface area contributed by atoms with Crippen LogP contribution in [0.3, 0.4) is 0 Å². The van der Waals surface area contributed by atoms with E-state index in [1.54, 1.807) is 6.07 Å². The van der Waals surface area contributed by atoms with Gasteiger partial charge in [-0.1, -0.05) is 29.8 Å². The normalized spacial score (nSPS) is 14.3. The third-order valence-electron chi connectivity index (χ3n) is 2.68. The highest BCUT2D eigenvalue weighted by Gasteiger charge is 2.30. The van der Waals surface area contributed by atoms with E-state index >= 15 is 0 Å². The third-order valence-corrected chi connectivity index (χ3v) is 2.68. The Labute approximate surface area is 118 Å². The van der Waals surface area contributed by atoms with E-state index in [1.165, 1.54) is 0 Å². The first-order valence-corrected chi connectivity index (χ1v) is 6.57. The van der Waals surface area contributed by atoms with Crippen LogP contribution in [-0.4, -0.2) is 24.9 Å². The van der Waals surface area contributed by atoms with Crippen molar-refractivity contribution in [1.82, 2.24) is 5.32 Å². The van der Waals surface area contributed by atoms with E-state index in [2.05, 4.69) is 5.32 Å². The molecule has 1 N–H and O–H groups in total. The van der Waals surface area contributed by atoms with Gasteiger partial charge in [-0.3, -0.25) is 0 Å². The molecule has 1 aromatic carbocycles. The molecule has 0 spiro atoms. The highest BCUT2D eigenvalue weighted by atomic mass is 19.4. The molecule has 114 valence electrons. The van der Waals surface area contributed by atoms with Crippen molar-refractivity contribution >= 4 is 0 Å². The smallest absolute Gasteiger partial charge is 0.363 e. The first-order chi connectivity index (χ1) is 9.07. The van der Waals surface area contributed by atoms with Gasteiger partial charge in [0.25, 0.3) is 0 Å². The third kappa shape index (κ3) is 6.91. The maximum Gasteiger partial charge on any atom is 0.411 e. The molecule has 1 atom stereocenters. The predicted molar refractivity (Wildman–Crippen MR) is 73.7 cm³/mol. The molecule has 0 saturated heterocycles. The molecule has 1 aromatic rings. The molecule has 5 heteroatoms. The van der Waals surface area contributed by atoms with E-state index in [1.807, 2.05) is 45.9 Å². The minimum Gasteiger partial charge on any atom is -0.363 e. The fourth-order valence-electron chi connectivity index (χ4n) is 1.74. The molecule has 0 amide bonds. The Morgan fingerprint density at radius 2 is 1.85 bits per heavy atom. The second-order valence-electron chi connectivity index (χ2n) is 5.96. The number of hydrogen-bond donors (Lipinski definition) is 1. The van der Waals surface area contributed by atoms with Crippen molar-refractivity contribution in [1.29, 1.82) is 0 Å². The summed E-state index contributed by atoms with van der Waals surface area (Å²) in [6, 6.07) is 7.37. The first kappa shape index (κ1) is 17.0. The van der Waals surface area contributed by atoms with E-state index < -0.39 is 18.9 Å². The molecule has 0 aliphatic heterocycles. The largest absolute Gasteiger partial charge is 0.411 e. The van der Waals surface area contributed by atoms with E-state index in [-0.39, 0.29) is 5.54 Å². The Kier molecular flexibility index (Phi) is 5.59. The summed E-state index contributed by atoms with van der Waals surface area (Å²) < 4.78 is 42.1. The molecule has 0 heterocycles. The lowest BCUT2D eigenvalue weighted by Gasteiger charge is -2.26. The summed E-state index contributed by atoms with van der Waals surface area (Å²) in [6.45, 7) is 6.89. The van der Waals surface area contributed by atoms with Gasteiger partial charge in [-0.2, -0.15) is 13.2 Å². The molecular formula is C15H22F3NO. The van der Waals surface area contributed by atoms with Crippen LogP contribution in [0.4, 0.5) is 13.2 Å². The zero-order valence-corrected chi connectivity index (χ0v) is 12.3. The molecule has 0 saturated carbocycles. The van der Waals surface area contributed by atoms with Crippen LogP contribution in [0.25, 0.3) is 0 Å². The number of hydrogen-bond acceptors (Lipinski definition) is 2. The van der Waals surface area contributed by atoms with Gasteiger partial charge in [-0.15, -0.1) is 0 Å². The number of ether oxygens (including phenoxy) is 1. The molecule has 0 aromatic heterocycles. The topological polar surface area (TPSA) is 21.3 Å². The average molecular weight is 289 g/mol. The summed E-state index contributed by atoms with van der Waals surface area (Å²) >= 11 is 0. The van der Waals surface area contributed by atoms with E-state index in [0.29, 0.717) is 6.54 Å². The van der Waals surface area contributed by atoms with Crippen molar-refractivity contribution in [2.45, 2.75) is 45.5 Å². The van der Waals surface area contributed by atoms with Gasteiger partial charge in [-0.05, 0) is 33.3 Å². The average Bonchev–Trinajstić information content (AvgIpc) is 2.26. The molecule has 1 unspecified atom stereocenters. The van der Waals surface area contributed by atoms with Crippen LogP contribution in [-0.2, 0) is 4.74 Å². The molecular weight excluding hydrogens is 267 g/mol. The molecule has 0 fully saturated rings. The SMILES string of the molecule is Cc1cccc(C(CNC(C)(C)C)OCC(F)(F)F)c1. The second kappa shape index (κ2) is 6.59. The maximum atomic E-state index is 12.3. The molecule has 0 radical (unpaired) electrons. The standard InChI is InChI=1S/C15H22F3NO/c1-11-6-5-7-12(8-11)13(9-19-14(2,3)4)20-10-15(16,17)18/h5-8,13,19H,9-10H2,1-4H3. The summed E-state index contributed by atoms with van der Waals surface area (Å²) in [4.78, 5) is 0. The monoisotopic (exact) mass is 289 g/mol. The highest BCUT2D eigenvalue weighted by Crippen LogP contribution is 2.23.